The lowest BCUT2D eigenvalue weighted by molar-refractivity contribution is 0.00867. The van der Waals surface area contributed by atoms with E-state index in [1.807, 2.05) is 0 Å². The summed E-state index contributed by atoms with van der Waals surface area (Å²) < 4.78 is 32.3. The van der Waals surface area contributed by atoms with Crippen molar-refractivity contribution in [2.75, 3.05) is 63.9 Å². The molecule has 0 amide bonds. The van der Waals surface area contributed by atoms with Crippen molar-refractivity contribution in [3.63, 3.8) is 0 Å². The third kappa shape index (κ3) is 6.77. The van der Waals surface area contributed by atoms with Gasteiger partial charge in [0.15, 0.2) is 17.6 Å². The number of benzene rings is 1. The molecule has 2 saturated heterocycles. The molecule has 0 bridgehead atoms. The lowest BCUT2D eigenvalue weighted by Crippen LogP contribution is -2.48. The van der Waals surface area contributed by atoms with Crippen molar-refractivity contribution in [2.24, 2.45) is 16.8 Å². The second-order valence-electron chi connectivity index (χ2n) is 8.76. The topological polar surface area (TPSA) is 52.1 Å². The van der Waals surface area contributed by atoms with Crippen molar-refractivity contribution in [2.45, 2.75) is 33.2 Å². The van der Waals surface area contributed by atoms with Crippen LogP contribution >= 0.6 is 0 Å². The molecule has 2 aliphatic rings. The van der Waals surface area contributed by atoms with E-state index in [0.29, 0.717) is 17.9 Å². The minimum absolute atomic E-state index is 0.398. The van der Waals surface area contributed by atoms with Gasteiger partial charge in [-0.3, -0.25) is 9.89 Å². The fraction of sp³-hybridized carbons (Fsp3) is 0.696. The highest BCUT2D eigenvalue weighted by Crippen LogP contribution is 2.25. The minimum Gasteiger partial charge on any atom is -0.379 e. The highest BCUT2D eigenvalue weighted by Gasteiger charge is 2.25. The van der Waals surface area contributed by atoms with E-state index in [-0.39, 0.29) is 0 Å². The smallest absolute Gasteiger partial charge is 0.191 e. The van der Waals surface area contributed by atoms with Crippen LogP contribution in [-0.4, -0.2) is 75.9 Å². The summed E-state index contributed by atoms with van der Waals surface area (Å²) in [7, 11) is 0. The number of guanidine groups is 1. The first-order valence-electron chi connectivity index (χ1n) is 11.5. The fourth-order valence-corrected chi connectivity index (χ4v) is 4.34. The predicted octanol–water partition coefficient (Wildman–Crippen LogP) is 2.70. The molecular weight excluding hydrogens is 400 g/mol. The molecule has 2 aliphatic heterocycles. The van der Waals surface area contributed by atoms with Crippen LogP contribution in [0.5, 0.6) is 0 Å². The summed E-state index contributed by atoms with van der Waals surface area (Å²) in [6, 6.07) is 4.53. The molecule has 31 heavy (non-hydrogen) atoms. The van der Waals surface area contributed by atoms with Gasteiger partial charge < -0.3 is 20.3 Å². The molecule has 0 spiro atoms. The summed E-state index contributed by atoms with van der Waals surface area (Å²) in [4.78, 5) is 9.48. The van der Waals surface area contributed by atoms with Gasteiger partial charge in [-0.1, -0.05) is 13.8 Å². The van der Waals surface area contributed by atoms with Crippen LogP contribution in [0.2, 0.25) is 0 Å². The van der Waals surface area contributed by atoms with Crippen LogP contribution in [0, 0.1) is 23.5 Å². The van der Waals surface area contributed by atoms with Gasteiger partial charge >= 0.3 is 0 Å². The van der Waals surface area contributed by atoms with Crippen LogP contribution in [0.4, 0.5) is 14.5 Å². The summed E-state index contributed by atoms with van der Waals surface area (Å²) in [5, 5.41) is 6.84. The maximum Gasteiger partial charge on any atom is 0.191 e. The molecule has 1 aromatic rings. The van der Waals surface area contributed by atoms with Crippen molar-refractivity contribution in [3.8, 4) is 0 Å². The summed E-state index contributed by atoms with van der Waals surface area (Å²) >= 11 is 0. The van der Waals surface area contributed by atoms with Crippen molar-refractivity contribution >= 4 is 11.6 Å². The Hall–Kier alpha value is -1.93. The zero-order valence-corrected chi connectivity index (χ0v) is 19.0. The molecule has 0 radical (unpaired) electrons. The Kier molecular flexibility index (Phi) is 8.90. The number of hydrogen-bond acceptors (Lipinski definition) is 4. The molecule has 3 rings (SSSR count). The van der Waals surface area contributed by atoms with Crippen LogP contribution in [0.1, 0.15) is 27.2 Å². The van der Waals surface area contributed by atoms with Gasteiger partial charge in [-0.05, 0) is 37.3 Å². The number of ether oxygens (including phenoxy) is 1. The second-order valence-corrected chi connectivity index (χ2v) is 8.76. The molecule has 2 fully saturated rings. The number of nitrogens with zero attached hydrogens (tertiary/aromatic N) is 3. The lowest BCUT2D eigenvalue weighted by atomic mass is 10.0. The van der Waals surface area contributed by atoms with E-state index in [4.69, 9.17) is 9.73 Å². The fourth-order valence-electron chi connectivity index (χ4n) is 4.34. The van der Waals surface area contributed by atoms with Gasteiger partial charge in [0.25, 0.3) is 0 Å². The van der Waals surface area contributed by atoms with Crippen LogP contribution in [0.3, 0.4) is 0 Å². The van der Waals surface area contributed by atoms with E-state index >= 15 is 0 Å². The van der Waals surface area contributed by atoms with Gasteiger partial charge in [0.1, 0.15) is 0 Å². The van der Waals surface area contributed by atoms with Gasteiger partial charge in [-0.2, -0.15) is 0 Å². The Bertz CT molecular complexity index is 724. The third-order valence-electron chi connectivity index (χ3n) is 6.18. The molecule has 8 heteroatoms. The zero-order chi connectivity index (χ0) is 22.2. The summed E-state index contributed by atoms with van der Waals surface area (Å²) in [6.07, 6.45) is 1.01. The standard InChI is InChI=1S/C23H37F2N5O/c1-4-26-23(28-15-22(17(2)3)29-9-11-31-12-10-29)27-14-18-7-8-30(16-18)19-5-6-20(24)21(25)13-19/h5-6,13,17-18,22H,4,7-12,14-16H2,1-3H3,(H2,26,27,28). The molecule has 6 nitrogen and oxygen atoms in total. The van der Waals surface area contributed by atoms with E-state index in [1.165, 1.54) is 12.1 Å². The molecule has 0 aromatic heterocycles. The SMILES string of the molecule is CCNC(=NCC(C(C)C)N1CCOCC1)NCC1CCN(c2ccc(F)c(F)c2)C1. The highest BCUT2D eigenvalue weighted by atomic mass is 19.2. The van der Waals surface area contributed by atoms with E-state index in [0.717, 1.165) is 77.1 Å². The maximum absolute atomic E-state index is 13.6. The number of anilines is 1. The van der Waals surface area contributed by atoms with Crippen LogP contribution in [0.25, 0.3) is 0 Å². The first kappa shape index (κ1) is 23.7. The average molecular weight is 438 g/mol. The first-order valence-corrected chi connectivity index (χ1v) is 11.5. The number of halogens is 2. The van der Waals surface area contributed by atoms with Gasteiger partial charge in [0, 0.05) is 57.1 Å². The lowest BCUT2D eigenvalue weighted by Gasteiger charge is -2.36. The third-order valence-corrected chi connectivity index (χ3v) is 6.18. The zero-order valence-electron chi connectivity index (χ0n) is 19.0. The Labute approximate surface area is 185 Å². The Morgan fingerprint density at radius 3 is 2.61 bits per heavy atom. The highest BCUT2D eigenvalue weighted by molar-refractivity contribution is 5.79. The normalized spacial score (nSPS) is 21.5. The monoisotopic (exact) mass is 437 g/mol. The maximum atomic E-state index is 13.6. The molecule has 2 N–H and O–H groups in total. The van der Waals surface area contributed by atoms with E-state index in [2.05, 4.69) is 41.2 Å². The molecule has 174 valence electrons. The minimum atomic E-state index is -0.801. The number of aliphatic imine (C=N–C) groups is 1. The summed E-state index contributed by atoms with van der Waals surface area (Å²) in [6.45, 7) is 14.1. The number of hydrogen-bond donors (Lipinski definition) is 2. The van der Waals surface area contributed by atoms with Crippen molar-refractivity contribution in [3.05, 3.63) is 29.8 Å². The van der Waals surface area contributed by atoms with E-state index in [1.54, 1.807) is 6.07 Å². The van der Waals surface area contributed by atoms with E-state index in [9.17, 15) is 8.78 Å². The molecule has 2 unspecified atom stereocenters. The van der Waals surface area contributed by atoms with Gasteiger partial charge in [-0.15, -0.1) is 0 Å². The van der Waals surface area contributed by atoms with Gasteiger partial charge in [-0.25, -0.2) is 8.78 Å². The molecular formula is C23H37F2N5O. The number of rotatable bonds is 8. The first-order chi connectivity index (χ1) is 15.0. The van der Waals surface area contributed by atoms with Crippen LogP contribution in [0.15, 0.2) is 23.2 Å². The van der Waals surface area contributed by atoms with Gasteiger partial charge in [0.05, 0.1) is 19.8 Å². The summed E-state index contributed by atoms with van der Waals surface area (Å²) in [5.41, 5.74) is 0.743. The molecule has 2 heterocycles. The second kappa shape index (κ2) is 11.6. The number of morpholine rings is 1. The summed E-state index contributed by atoms with van der Waals surface area (Å²) in [5.74, 6) is 0.194. The predicted molar refractivity (Wildman–Crippen MR) is 122 cm³/mol. The van der Waals surface area contributed by atoms with Crippen molar-refractivity contribution < 1.29 is 13.5 Å². The Morgan fingerprint density at radius 1 is 1.16 bits per heavy atom. The van der Waals surface area contributed by atoms with Crippen LogP contribution < -0.4 is 15.5 Å². The average Bonchev–Trinajstić information content (AvgIpc) is 3.23. The van der Waals surface area contributed by atoms with Crippen molar-refractivity contribution in [1.29, 1.82) is 0 Å². The quantitative estimate of drug-likeness (QED) is 0.484. The molecule has 1 aromatic carbocycles. The van der Waals surface area contributed by atoms with Gasteiger partial charge in [0.2, 0.25) is 0 Å². The van der Waals surface area contributed by atoms with Crippen LogP contribution in [-0.2, 0) is 4.74 Å². The largest absolute Gasteiger partial charge is 0.379 e. The Balaban J connectivity index is 1.53. The molecule has 0 saturated carbocycles. The Morgan fingerprint density at radius 2 is 1.94 bits per heavy atom. The van der Waals surface area contributed by atoms with E-state index < -0.39 is 11.6 Å². The molecule has 2 atom stereocenters. The van der Waals surface area contributed by atoms with Crippen molar-refractivity contribution in [1.82, 2.24) is 15.5 Å². The number of nitrogens with one attached hydrogen (secondary N) is 2. The molecule has 0 aliphatic carbocycles.